The van der Waals surface area contributed by atoms with Gasteiger partial charge in [-0.3, -0.25) is 4.79 Å². The molecule has 4 saturated carbocycles. The fourth-order valence-corrected chi connectivity index (χ4v) is 9.37. The highest BCUT2D eigenvalue weighted by atomic mass is 32.1. The largest absolute Gasteiger partial charge is 0.393 e. The molecule has 0 bridgehead atoms. The number of hydrogen-bond donors (Lipinski definition) is 2. The van der Waals surface area contributed by atoms with E-state index in [1.165, 1.54) is 25.7 Å². The zero-order valence-electron chi connectivity index (χ0n) is 20.1. The Kier molecular flexibility index (Phi) is 6.76. The lowest BCUT2D eigenvalue weighted by atomic mass is 9.44. The third-order valence-electron chi connectivity index (χ3n) is 10.7. The molecule has 4 heteroatoms. The topological polar surface area (TPSA) is 57.5 Å². The molecule has 0 radical (unpaired) electrons. The van der Waals surface area contributed by atoms with E-state index in [4.69, 9.17) is 12.2 Å². The van der Waals surface area contributed by atoms with E-state index in [0.717, 1.165) is 37.0 Å². The van der Waals surface area contributed by atoms with Crippen molar-refractivity contribution in [1.82, 2.24) is 0 Å². The van der Waals surface area contributed by atoms with E-state index in [1.807, 2.05) is 6.92 Å². The van der Waals surface area contributed by atoms with Gasteiger partial charge < -0.3 is 10.2 Å². The van der Waals surface area contributed by atoms with Crippen LogP contribution in [0.3, 0.4) is 0 Å². The smallest absolute Gasteiger partial charge is 0.137 e. The lowest BCUT2D eigenvalue weighted by Crippen LogP contribution is -2.58. The summed E-state index contributed by atoms with van der Waals surface area (Å²) in [6.07, 6.45) is 10.5. The van der Waals surface area contributed by atoms with Gasteiger partial charge in [0.1, 0.15) is 5.78 Å². The first-order valence-electron chi connectivity index (χ1n) is 12.9. The molecular weight excluding hydrogens is 404 g/mol. The zero-order valence-corrected chi connectivity index (χ0v) is 20.9. The maximum atomic E-state index is 12.2. The Morgan fingerprint density at radius 1 is 1.00 bits per heavy atom. The number of aliphatic hydroxyl groups is 2. The lowest BCUT2D eigenvalue weighted by Gasteiger charge is -2.62. The van der Waals surface area contributed by atoms with Crippen molar-refractivity contribution < 1.29 is 15.0 Å². The monoisotopic (exact) mass is 448 g/mol. The van der Waals surface area contributed by atoms with E-state index in [-0.39, 0.29) is 23.5 Å². The second kappa shape index (κ2) is 8.80. The van der Waals surface area contributed by atoms with Crippen molar-refractivity contribution in [1.29, 1.82) is 0 Å². The Hall–Kier alpha value is -0.320. The van der Waals surface area contributed by atoms with Crippen LogP contribution < -0.4 is 0 Å². The molecule has 4 aliphatic carbocycles. The van der Waals surface area contributed by atoms with Gasteiger partial charge >= 0.3 is 0 Å². The second-order valence-electron chi connectivity index (χ2n) is 12.4. The second-order valence-corrected chi connectivity index (χ2v) is 13.1. The van der Waals surface area contributed by atoms with E-state index in [0.29, 0.717) is 53.6 Å². The first-order valence-corrected chi connectivity index (χ1v) is 13.3. The predicted octanol–water partition coefficient (Wildman–Crippen LogP) is 5.74. The molecule has 4 fully saturated rings. The summed E-state index contributed by atoms with van der Waals surface area (Å²) in [5.41, 5.74) is 0.540. The Bertz CT molecular complexity index is 707. The van der Waals surface area contributed by atoms with Crippen molar-refractivity contribution in [3.63, 3.8) is 0 Å². The van der Waals surface area contributed by atoms with Crippen LogP contribution in [-0.4, -0.2) is 33.1 Å². The van der Waals surface area contributed by atoms with Gasteiger partial charge in [0.2, 0.25) is 0 Å². The van der Waals surface area contributed by atoms with Crippen molar-refractivity contribution in [2.45, 2.75) is 111 Å². The molecule has 0 spiro atoms. The van der Waals surface area contributed by atoms with Crippen LogP contribution in [0.1, 0.15) is 98.3 Å². The molecule has 0 saturated heterocycles. The number of carbonyl (C=O) groups excluding carboxylic acids is 1. The van der Waals surface area contributed by atoms with E-state index < -0.39 is 0 Å². The van der Waals surface area contributed by atoms with Crippen molar-refractivity contribution in [2.24, 2.45) is 46.3 Å². The average molecular weight is 449 g/mol. The molecule has 0 aromatic rings. The van der Waals surface area contributed by atoms with Gasteiger partial charge in [-0.1, -0.05) is 33.0 Å². The van der Waals surface area contributed by atoms with Crippen LogP contribution in [-0.2, 0) is 4.79 Å². The lowest BCUT2D eigenvalue weighted by molar-refractivity contribution is -0.172. The van der Waals surface area contributed by atoms with E-state index >= 15 is 0 Å². The van der Waals surface area contributed by atoms with Gasteiger partial charge in [0.05, 0.1) is 12.2 Å². The van der Waals surface area contributed by atoms with Gasteiger partial charge in [-0.05, 0) is 116 Å². The summed E-state index contributed by atoms with van der Waals surface area (Å²) in [6.45, 7) is 9.22. The predicted molar refractivity (Wildman–Crippen MR) is 129 cm³/mol. The van der Waals surface area contributed by atoms with Crippen LogP contribution in [0.5, 0.6) is 0 Å². The first-order chi connectivity index (χ1) is 14.6. The van der Waals surface area contributed by atoms with Gasteiger partial charge in [-0.25, -0.2) is 0 Å². The molecule has 4 rings (SSSR count). The molecule has 0 heterocycles. The fourth-order valence-electron chi connectivity index (χ4n) is 9.21. The third kappa shape index (κ3) is 4.19. The highest BCUT2D eigenvalue weighted by molar-refractivity contribution is 7.80. The molecular formula is C27H44O3S. The highest BCUT2D eigenvalue weighted by Gasteiger charge is 2.62. The number of carbonyl (C=O) groups is 1. The summed E-state index contributed by atoms with van der Waals surface area (Å²) in [5, 5.41) is 21.4. The first kappa shape index (κ1) is 23.8. The quantitative estimate of drug-likeness (QED) is 0.509. The number of rotatable bonds is 6. The molecule has 3 nitrogen and oxygen atoms in total. The minimum absolute atomic E-state index is 0.192. The zero-order chi connectivity index (χ0) is 22.6. The highest BCUT2D eigenvalue weighted by Crippen LogP contribution is 2.68. The van der Waals surface area contributed by atoms with Crippen molar-refractivity contribution in [3.8, 4) is 0 Å². The SMILES string of the molecule is CC(=S)CC(=O)CCC(C)C1CCC2C3C[C@H](O)[C@@H]4C[C@H](O)CCC4(C)C3CCC12C. The molecule has 0 aromatic heterocycles. The minimum Gasteiger partial charge on any atom is -0.393 e. The van der Waals surface area contributed by atoms with Crippen LogP contribution in [0.25, 0.3) is 0 Å². The van der Waals surface area contributed by atoms with Gasteiger partial charge in [0.25, 0.3) is 0 Å². The molecule has 7 unspecified atom stereocenters. The van der Waals surface area contributed by atoms with Crippen LogP contribution in [0, 0.1) is 46.3 Å². The van der Waals surface area contributed by atoms with Gasteiger partial charge in [-0.15, -0.1) is 0 Å². The van der Waals surface area contributed by atoms with Crippen molar-refractivity contribution in [2.75, 3.05) is 0 Å². The number of fused-ring (bicyclic) bond motifs is 5. The van der Waals surface area contributed by atoms with Crippen LogP contribution in [0.4, 0.5) is 0 Å². The van der Waals surface area contributed by atoms with E-state index in [9.17, 15) is 15.0 Å². The number of hydrogen-bond acceptors (Lipinski definition) is 4. The fraction of sp³-hybridized carbons (Fsp3) is 0.926. The van der Waals surface area contributed by atoms with Crippen LogP contribution in [0.2, 0.25) is 0 Å². The minimum atomic E-state index is -0.254. The number of thiocarbonyl (C=S) groups is 1. The van der Waals surface area contributed by atoms with Crippen molar-refractivity contribution in [3.05, 3.63) is 0 Å². The third-order valence-corrected chi connectivity index (χ3v) is 10.9. The number of aliphatic hydroxyl groups excluding tert-OH is 2. The Morgan fingerprint density at radius 3 is 2.39 bits per heavy atom. The Labute approximate surface area is 194 Å². The Morgan fingerprint density at radius 2 is 1.68 bits per heavy atom. The van der Waals surface area contributed by atoms with Crippen LogP contribution in [0.15, 0.2) is 0 Å². The van der Waals surface area contributed by atoms with Crippen molar-refractivity contribution >= 4 is 22.9 Å². The van der Waals surface area contributed by atoms with Gasteiger partial charge in [0, 0.05) is 12.8 Å². The Balaban J connectivity index is 1.47. The maximum Gasteiger partial charge on any atom is 0.137 e. The average Bonchev–Trinajstić information content (AvgIpc) is 3.04. The molecule has 0 aliphatic heterocycles. The van der Waals surface area contributed by atoms with Crippen LogP contribution >= 0.6 is 12.2 Å². The molecule has 10 atom stereocenters. The number of Topliss-reactive ketones (excluding diaryl/α,β-unsaturated/α-hetero) is 1. The summed E-state index contributed by atoms with van der Waals surface area (Å²) in [4.78, 5) is 13.0. The van der Waals surface area contributed by atoms with E-state index in [2.05, 4.69) is 20.8 Å². The van der Waals surface area contributed by atoms with Gasteiger partial charge in [-0.2, -0.15) is 0 Å². The molecule has 0 amide bonds. The molecule has 2 N–H and O–H groups in total. The summed E-state index contributed by atoms with van der Waals surface area (Å²) in [5.74, 6) is 3.87. The van der Waals surface area contributed by atoms with Gasteiger partial charge in [0.15, 0.2) is 0 Å². The normalized spacial score (nSPS) is 47.7. The van der Waals surface area contributed by atoms with E-state index in [1.54, 1.807) is 0 Å². The molecule has 31 heavy (non-hydrogen) atoms. The number of ketones is 1. The molecule has 176 valence electrons. The summed E-state index contributed by atoms with van der Waals surface area (Å²) < 4.78 is 0. The molecule has 4 aliphatic rings. The maximum absolute atomic E-state index is 12.2. The summed E-state index contributed by atoms with van der Waals surface area (Å²) in [6, 6.07) is 0. The summed E-state index contributed by atoms with van der Waals surface area (Å²) >= 11 is 5.12. The molecule has 0 aromatic carbocycles. The standard InChI is InChI=1S/C27H44O3S/c1-16(5-6-18(28)13-17(2)31)21-7-8-22-20-15-25(30)24-14-19(29)9-11-27(24,4)23(20)10-12-26(21,22)3/h16,19-25,29-30H,5-15H2,1-4H3/t16?,19-,20?,21?,22?,23?,24+,25+,26?,27?/m1/s1. The summed E-state index contributed by atoms with van der Waals surface area (Å²) in [7, 11) is 0.